The first-order valence-electron chi connectivity index (χ1n) is 7.66. The number of hydrogen-bond donors (Lipinski definition) is 4. The molecule has 2 unspecified atom stereocenters. The first-order valence-corrected chi connectivity index (χ1v) is 7.66. The Balaban J connectivity index is 1.68. The second kappa shape index (κ2) is 8.90. The monoisotopic (exact) mass is 331 g/mol. The number of rotatable bonds is 7. The molecule has 4 N–H and O–H groups in total. The van der Waals surface area contributed by atoms with Crippen molar-refractivity contribution in [2.45, 2.75) is 25.2 Å². The summed E-state index contributed by atoms with van der Waals surface area (Å²) in [6.07, 6.45) is -2.54. The molecule has 2 rings (SSSR count). The van der Waals surface area contributed by atoms with Gasteiger partial charge in [-0.3, -0.25) is 0 Å². The summed E-state index contributed by atoms with van der Waals surface area (Å²) in [5.74, 6) is 0.0864. The van der Waals surface area contributed by atoms with Gasteiger partial charge in [0.05, 0.1) is 6.10 Å². The highest BCUT2D eigenvalue weighted by molar-refractivity contribution is 5.67. The van der Waals surface area contributed by atoms with Gasteiger partial charge in [0.15, 0.2) is 0 Å². The first kappa shape index (κ1) is 17.8. The normalized spacial score (nSPS) is 13.1. The molecular weight excluding hydrogens is 310 g/mol. The molecule has 0 aliphatic rings. The summed E-state index contributed by atoms with van der Waals surface area (Å²) in [6, 6.07) is 15.2. The lowest BCUT2D eigenvalue weighted by atomic mass is 10.0. The highest BCUT2D eigenvalue weighted by Gasteiger charge is 2.18. The fourth-order valence-electron chi connectivity index (χ4n) is 2.15. The maximum atomic E-state index is 11.6. The third-order valence-electron chi connectivity index (χ3n) is 3.52. The van der Waals surface area contributed by atoms with E-state index in [4.69, 9.17) is 4.74 Å². The van der Waals surface area contributed by atoms with Crippen LogP contribution in [0.3, 0.4) is 0 Å². The highest BCUT2D eigenvalue weighted by atomic mass is 16.5. The van der Waals surface area contributed by atoms with Crippen molar-refractivity contribution in [3.63, 3.8) is 0 Å². The Morgan fingerprint density at radius 3 is 2.38 bits per heavy atom. The van der Waals surface area contributed by atoms with Crippen molar-refractivity contribution in [1.29, 1.82) is 0 Å². The van der Waals surface area contributed by atoms with Crippen LogP contribution >= 0.6 is 0 Å². The van der Waals surface area contributed by atoms with E-state index >= 15 is 0 Å². The van der Waals surface area contributed by atoms with Crippen molar-refractivity contribution >= 4 is 6.09 Å². The van der Waals surface area contributed by atoms with Gasteiger partial charge >= 0.3 is 6.09 Å². The van der Waals surface area contributed by atoms with Crippen LogP contribution in [0.1, 0.15) is 23.7 Å². The van der Waals surface area contributed by atoms with Crippen LogP contribution in [-0.2, 0) is 11.3 Å². The molecule has 0 saturated carbocycles. The Bertz CT molecular complexity index is 630. The van der Waals surface area contributed by atoms with Crippen LogP contribution in [0.15, 0.2) is 54.6 Å². The van der Waals surface area contributed by atoms with Gasteiger partial charge in [-0.05, 0) is 29.7 Å². The van der Waals surface area contributed by atoms with E-state index in [1.54, 1.807) is 0 Å². The van der Waals surface area contributed by atoms with E-state index in [2.05, 4.69) is 5.32 Å². The predicted octanol–water partition coefficient (Wildman–Crippen LogP) is 2.10. The number of aromatic hydroxyl groups is 1. The van der Waals surface area contributed by atoms with Crippen LogP contribution in [0, 0.1) is 0 Å². The quantitative estimate of drug-likeness (QED) is 0.623. The number of phenolic OH excluding ortho intramolecular Hbond substituents is 1. The minimum Gasteiger partial charge on any atom is -0.508 e. The lowest BCUT2D eigenvalue weighted by Gasteiger charge is -2.18. The number of carbonyl (C=O) groups is 1. The molecule has 0 saturated heterocycles. The molecule has 0 bridgehead atoms. The fraction of sp³-hybridized carbons (Fsp3) is 0.278. The summed E-state index contributed by atoms with van der Waals surface area (Å²) in [7, 11) is 0. The summed E-state index contributed by atoms with van der Waals surface area (Å²) in [5, 5.41) is 31.7. The van der Waals surface area contributed by atoms with Gasteiger partial charge in [-0.15, -0.1) is 0 Å². The number of alkyl carbamates (subject to hydrolysis) is 1. The molecule has 0 aliphatic carbocycles. The van der Waals surface area contributed by atoms with E-state index in [9.17, 15) is 20.1 Å². The molecule has 6 heteroatoms. The van der Waals surface area contributed by atoms with Gasteiger partial charge < -0.3 is 25.4 Å². The average Bonchev–Trinajstić information content (AvgIpc) is 2.61. The number of amides is 1. The van der Waals surface area contributed by atoms with Gasteiger partial charge in [0.2, 0.25) is 0 Å². The van der Waals surface area contributed by atoms with Crippen LogP contribution in [-0.4, -0.2) is 34.1 Å². The van der Waals surface area contributed by atoms with Gasteiger partial charge in [0.25, 0.3) is 0 Å². The number of nitrogens with one attached hydrogen (secondary N) is 1. The Morgan fingerprint density at radius 2 is 1.71 bits per heavy atom. The van der Waals surface area contributed by atoms with E-state index in [-0.39, 0.29) is 25.3 Å². The van der Waals surface area contributed by atoms with Gasteiger partial charge in [0, 0.05) is 6.54 Å². The number of carbonyl (C=O) groups excluding carboxylic acids is 1. The maximum absolute atomic E-state index is 11.6. The van der Waals surface area contributed by atoms with Gasteiger partial charge in [-0.1, -0.05) is 42.5 Å². The second-order valence-corrected chi connectivity index (χ2v) is 5.38. The Kier molecular flexibility index (Phi) is 6.60. The maximum Gasteiger partial charge on any atom is 0.407 e. The number of aliphatic hydroxyl groups is 2. The van der Waals surface area contributed by atoms with Crippen molar-refractivity contribution in [1.82, 2.24) is 5.32 Å². The van der Waals surface area contributed by atoms with Gasteiger partial charge in [-0.25, -0.2) is 4.79 Å². The Labute approximate surface area is 140 Å². The van der Waals surface area contributed by atoms with Crippen molar-refractivity contribution in [2.75, 3.05) is 6.54 Å². The zero-order valence-corrected chi connectivity index (χ0v) is 13.1. The van der Waals surface area contributed by atoms with Crippen molar-refractivity contribution in [2.24, 2.45) is 0 Å². The largest absolute Gasteiger partial charge is 0.508 e. The van der Waals surface area contributed by atoms with Crippen molar-refractivity contribution < 1.29 is 24.9 Å². The number of benzene rings is 2. The molecule has 6 nitrogen and oxygen atoms in total. The molecule has 0 aliphatic heterocycles. The van der Waals surface area contributed by atoms with E-state index in [0.29, 0.717) is 5.56 Å². The lowest BCUT2D eigenvalue weighted by molar-refractivity contribution is 0.0136. The molecular formula is C18H21NO5. The zero-order valence-electron chi connectivity index (χ0n) is 13.1. The minimum absolute atomic E-state index is 0.0864. The molecule has 0 fully saturated rings. The van der Waals surface area contributed by atoms with E-state index in [1.165, 1.54) is 24.3 Å². The van der Waals surface area contributed by atoms with Crippen LogP contribution in [0.4, 0.5) is 4.79 Å². The lowest BCUT2D eigenvalue weighted by Crippen LogP contribution is -2.29. The summed E-state index contributed by atoms with van der Waals surface area (Å²) in [5.41, 5.74) is 1.38. The molecule has 2 aromatic rings. The van der Waals surface area contributed by atoms with Gasteiger partial charge in [-0.2, -0.15) is 0 Å². The van der Waals surface area contributed by atoms with Crippen molar-refractivity contribution in [3.05, 3.63) is 65.7 Å². The summed E-state index contributed by atoms with van der Waals surface area (Å²) in [6.45, 7) is 0.343. The third kappa shape index (κ3) is 5.57. The summed E-state index contributed by atoms with van der Waals surface area (Å²) in [4.78, 5) is 11.6. The first-order chi connectivity index (χ1) is 11.6. The average molecular weight is 331 g/mol. The van der Waals surface area contributed by atoms with Crippen LogP contribution in [0.25, 0.3) is 0 Å². The minimum atomic E-state index is -1.09. The number of hydrogen-bond acceptors (Lipinski definition) is 5. The van der Waals surface area contributed by atoms with E-state index in [0.717, 1.165) is 5.56 Å². The highest BCUT2D eigenvalue weighted by Crippen LogP contribution is 2.21. The fourth-order valence-corrected chi connectivity index (χ4v) is 2.15. The number of phenols is 1. The molecule has 2 aromatic carbocycles. The number of ether oxygens (including phenoxy) is 1. The molecule has 0 radical (unpaired) electrons. The van der Waals surface area contributed by atoms with E-state index in [1.807, 2.05) is 30.3 Å². The summed E-state index contributed by atoms with van der Waals surface area (Å²) >= 11 is 0. The number of aliphatic hydroxyl groups excluding tert-OH is 2. The van der Waals surface area contributed by atoms with Crippen molar-refractivity contribution in [3.8, 4) is 5.75 Å². The Hall–Kier alpha value is -2.57. The molecule has 0 spiro atoms. The summed E-state index contributed by atoms with van der Waals surface area (Å²) < 4.78 is 5.05. The van der Waals surface area contributed by atoms with Crippen LogP contribution in [0.5, 0.6) is 5.75 Å². The molecule has 24 heavy (non-hydrogen) atoms. The molecule has 2 atom stereocenters. The molecule has 128 valence electrons. The zero-order chi connectivity index (χ0) is 17.4. The second-order valence-electron chi connectivity index (χ2n) is 5.38. The topological polar surface area (TPSA) is 99.0 Å². The van der Waals surface area contributed by atoms with Gasteiger partial charge in [0.1, 0.15) is 18.5 Å². The molecule has 0 aromatic heterocycles. The predicted molar refractivity (Wildman–Crippen MR) is 88.3 cm³/mol. The van der Waals surface area contributed by atoms with Crippen LogP contribution in [0.2, 0.25) is 0 Å². The standard InChI is InChI=1S/C18H21NO5/c20-15-8-6-14(7-9-15)17(22)16(21)10-11-19-18(23)24-12-13-4-2-1-3-5-13/h1-9,16-17,20-22H,10-12H2,(H,19,23). The molecule has 1 amide bonds. The van der Waals surface area contributed by atoms with Crippen LogP contribution < -0.4 is 5.32 Å². The van der Waals surface area contributed by atoms with E-state index < -0.39 is 18.3 Å². The smallest absolute Gasteiger partial charge is 0.407 e. The SMILES string of the molecule is O=C(NCCC(O)C(O)c1ccc(O)cc1)OCc1ccccc1. The third-order valence-corrected chi connectivity index (χ3v) is 3.52. The molecule has 0 heterocycles. The Morgan fingerprint density at radius 1 is 1.04 bits per heavy atom.